The van der Waals surface area contributed by atoms with Gasteiger partial charge in [-0.3, -0.25) is 4.79 Å². The first kappa shape index (κ1) is 10.6. The Morgan fingerprint density at radius 2 is 2.47 bits per heavy atom. The third-order valence-corrected chi connectivity index (χ3v) is 4.02. The summed E-state index contributed by atoms with van der Waals surface area (Å²) in [6, 6.07) is 2.03. The van der Waals surface area contributed by atoms with Crippen LogP contribution in [-0.2, 0) is 22.4 Å². The van der Waals surface area contributed by atoms with E-state index in [1.165, 1.54) is 24.0 Å². The normalized spacial score (nSPS) is 16.1. The monoisotopic (exact) mass is 226 g/mol. The third-order valence-electron chi connectivity index (χ3n) is 2.68. The van der Waals surface area contributed by atoms with Gasteiger partial charge in [-0.15, -0.1) is 11.3 Å². The lowest BCUT2D eigenvalue weighted by Crippen LogP contribution is -2.06. The van der Waals surface area contributed by atoms with Crippen molar-refractivity contribution in [1.29, 1.82) is 0 Å². The lowest BCUT2D eigenvalue weighted by atomic mass is 10.2. The van der Waals surface area contributed by atoms with E-state index in [1.807, 2.05) is 6.07 Å². The Morgan fingerprint density at radius 3 is 3.13 bits per heavy atom. The molecule has 1 aromatic rings. The van der Waals surface area contributed by atoms with Crippen LogP contribution in [0.25, 0.3) is 0 Å². The zero-order valence-corrected chi connectivity index (χ0v) is 9.47. The molecule has 0 spiro atoms. The second kappa shape index (κ2) is 4.33. The van der Waals surface area contributed by atoms with Crippen LogP contribution in [0.4, 0.5) is 0 Å². The van der Waals surface area contributed by atoms with Gasteiger partial charge >= 0.3 is 5.97 Å². The van der Waals surface area contributed by atoms with Crippen LogP contribution in [0.5, 0.6) is 0 Å². The summed E-state index contributed by atoms with van der Waals surface area (Å²) in [5, 5.41) is 9.79. The topological polar surface area (TPSA) is 46.5 Å². The van der Waals surface area contributed by atoms with Crippen molar-refractivity contribution in [2.75, 3.05) is 7.11 Å². The molecule has 1 heterocycles. The van der Waals surface area contributed by atoms with E-state index in [1.54, 1.807) is 11.3 Å². The first-order valence-corrected chi connectivity index (χ1v) is 5.88. The van der Waals surface area contributed by atoms with Crippen molar-refractivity contribution in [3.05, 3.63) is 21.4 Å². The molecule has 0 unspecified atom stereocenters. The standard InChI is InChI=1S/C11H14O3S/c1-14-11(13)6-8(12)10-5-7-3-2-4-9(7)15-10/h5,8,12H,2-4,6H2,1H3/t8-/m0/s1. The molecule has 1 aliphatic carbocycles. The smallest absolute Gasteiger partial charge is 0.308 e. The third kappa shape index (κ3) is 2.21. The average molecular weight is 226 g/mol. The molecule has 0 fully saturated rings. The minimum absolute atomic E-state index is 0.0515. The van der Waals surface area contributed by atoms with E-state index in [0.29, 0.717) is 0 Å². The highest BCUT2D eigenvalue weighted by atomic mass is 32.1. The van der Waals surface area contributed by atoms with E-state index < -0.39 is 6.10 Å². The summed E-state index contributed by atoms with van der Waals surface area (Å²) >= 11 is 1.62. The van der Waals surface area contributed by atoms with Crippen LogP contribution in [-0.4, -0.2) is 18.2 Å². The number of esters is 1. The molecule has 0 saturated heterocycles. The second-order valence-electron chi connectivity index (χ2n) is 3.75. The quantitative estimate of drug-likeness (QED) is 0.800. The number of aliphatic hydroxyl groups excluding tert-OH is 1. The number of hydrogen-bond donors (Lipinski definition) is 1. The predicted molar refractivity (Wildman–Crippen MR) is 57.9 cm³/mol. The van der Waals surface area contributed by atoms with Crippen LogP contribution >= 0.6 is 11.3 Å². The number of ether oxygens (including phenoxy) is 1. The maximum Gasteiger partial charge on any atom is 0.308 e. The van der Waals surface area contributed by atoms with Crippen molar-refractivity contribution in [3.8, 4) is 0 Å². The highest BCUT2D eigenvalue weighted by Crippen LogP contribution is 2.34. The van der Waals surface area contributed by atoms with Gasteiger partial charge in [0.15, 0.2) is 0 Å². The van der Waals surface area contributed by atoms with Gasteiger partial charge in [0.1, 0.15) is 0 Å². The van der Waals surface area contributed by atoms with E-state index in [4.69, 9.17) is 0 Å². The molecule has 82 valence electrons. The van der Waals surface area contributed by atoms with Crippen LogP contribution < -0.4 is 0 Å². The summed E-state index contributed by atoms with van der Waals surface area (Å²) in [7, 11) is 1.34. The predicted octanol–water partition coefficient (Wildman–Crippen LogP) is 1.83. The Kier molecular flexibility index (Phi) is 3.07. The number of fused-ring (bicyclic) bond motifs is 1. The summed E-state index contributed by atoms with van der Waals surface area (Å²) in [5.74, 6) is -0.365. The summed E-state index contributed by atoms with van der Waals surface area (Å²) in [6.07, 6.45) is 2.79. The van der Waals surface area contributed by atoms with Crippen molar-refractivity contribution in [1.82, 2.24) is 0 Å². The molecule has 0 bridgehead atoms. The molecule has 15 heavy (non-hydrogen) atoms. The van der Waals surface area contributed by atoms with Gasteiger partial charge in [0.25, 0.3) is 0 Å². The summed E-state index contributed by atoms with van der Waals surface area (Å²) in [4.78, 5) is 13.3. The zero-order valence-electron chi connectivity index (χ0n) is 8.66. The van der Waals surface area contributed by atoms with Crippen LogP contribution in [0.15, 0.2) is 6.07 Å². The largest absolute Gasteiger partial charge is 0.469 e. The Bertz CT molecular complexity index is 348. The van der Waals surface area contributed by atoms with Crippen molar-refractivity contribution in [2.45, 2.75) is 31.8 Å². The molecular weight excluding hydrogens is 212 g/mol. The second-order valence-corrected chi connectivity index (χ2v) is 4.92. The number of aryl methyl sites for hydroxylation is 2. The molecule has 4 heteroatoms. The van der Waals surface area contributed by atoms with Gasteiger partial charge in [-0.05, 0) is 30.9 Å². The van der Waals surface area contributed by atoms with E-state index >= 15 is 0 Å². The van der Waals surface area contributed by atoms with Gasteiger partial charge in [-0.2, -0.15) is 0 Å². The number of methoxy groups -OCH3 is 1. The number of hydrogen-bond acceptors (Lipinski definition) is 4. The number of carbonyl (C=O) groups excluding carboxylic acids is 1. The molecule has 1 atom stereocenters. The molecule has 1 aliphatic rings. The molecule has 1 aromatic heterocycles. The SMILES string of the molecule is COC(=O)C[C@H](O)c1cc2c(s1)CCC2. The fraction of sp³-hybridized carbons (Fsp3) is 0.545. The molecule has 0 aliphatic heterocycles. The lowest BCUT2D eigenvalue weighted by Gasteiger charge is -2.06. The summed E-state index contributed by atoms with van der Waals surface area (Å²) in [5.41, 5.74) is 1.35. The van der Waals surface area contributed by atoms with Gasteiger partial charge in [-0.25, -0.2) is 0 Å². The van der Waals surface area contributed by atoms with Crippen LogP contribution in [0.3, 0.4) is 0 Å². The van der Waals surface area contributed by atoms with Crippen LogP contribution in [0.2, 0.25) is 0 Å². The van der Waals surface area contributed by atoms with Crippen molar-refractivity contribution in [2.24, 2.45) is 0 Å². The van der Waals surface area contributed by atoms with Gasteiger partial charge in [0.2, 0.25) is 0 Å². The van der Waals surface area contributed by atoms with Crippen LogP contribution in [0, 0.1) is 0 Å². The van der Waals surface area contributed by atoms with Crippen molar-refractivity contribution < 1.29 is 14.6 Å². The molecule has 1 N–H and O–H groups in total. The van der Waals surface area contributed by atoms with Gasteiger partial charge in [0, 0.05) is 9.75 Å². The Morgan fingerprint density at radius 1 is 1.67 bits per heavy atom. The number of rotatable bonds is 3. The molecule has 2 rings (SSSR count). The van der Waals surface area contributed by atoms with Gasteiger partial charge in [-0.1, -0.05) is 0 Å². The van der Waals surface area contributed by atoms with E-state index in [9.17, 15) is 9.90 Å². The number of carbonyl (C=O) groups is 1. The van der Waals surface area contributed by atoms with Gasteiger partial charge in [0.05, 0.1) is 19.6 Å². The van der Waals surface area contributed by atoms with E-state index in [2.05, 4.69) is 4.74 Å². The molecule has 3 nitrogen and oxygen atoms in total. The van der Waals surface area contributed by atoms with Crippen LogP contribution in [0.1, 0.15) is 34.3 Å². The maximum atomic E-state index is 11.0. The number of aliphatic hydroxyl groups is 1. The Hall–Kier alpha value is -0.870. The van der Waals surface area contributed by atoms with E-state index in [0.717, 1.165) is 17.7 Å². The van der Waals surface area contributed by atoms with Gasteiger partial charge < -0.3 is 9.84 Å². The average Bonchev–Trinajstić information content (AvgIpc) is 2.76. The molecule has 0 radical (unpaired) electrons. The van der Waals surface area contributed by atoms with Crippen molar-refractivity contribution >= 4 is 17.3 Å². The highest BCUT2D eigenvalue weighted by molar-refractivity contribution is 7.12. The lowest BCUT2D eigenvalue weighted by molar-refractivity contribution is -0.142. The highest BCUT2D eigenvalue weighted by Gasteiger charge is 2.20. The summed E-state index contributed by atoms with van der Waals surface area (Å²) in [6.45, 7) is 0. The zero-order chi connectivity index (χ0) is 10.8. The minimum atomic E-state index is -0.701. The minimum Gasteiger partial charge on any atom is -0.469 e. The first-order chi connectivity index (χ1) is 7.20. The van der Waals surface area contributed by atoms with E-state index in [-0.39, 0.29) is 12.4 Å². The fourth-order valence-corrected chi connectivity index (χ4v) is 3.10. The Balaban J connectivity index is 2.06. The Labute approximate surface area is 92.7 Å². The maximum absolute atomic E-state index is 11.0. The molecule has 0 aromatic carbocycles. The molecular formula is C11H14O3S. The molecule has 0 amide bonds. The first-order valence-electron chi connectivity index (χ1n) is 5.07. The number of thiophene rings is 1. The van der Waals surface area contributed by atoms with Crippen molar-refractivity contribution in [3.63, 3.8) is 0 Å². The molecule has 0 saturated carbocycles. The summed E-state index contributed by atoms with van der Waals surface area (Å²) < 4.78 is 4.53. The fourth-order valence-electron chi connectivity index (χ4n) is 1.86.